The third-order valence-corrected chi connectivity index (χ3v) is 8.38. The van der Waals surface area contributed by atoms with Gasteiger partial charge >= 0.3 is 0 Å². The quantitative estimate of drug-likeness (QED) is 0.281. The van der Waals surface area contributed by atoms with Crippen LogP contribution in [0.25, 0.3) is 44.7 Å². The first-order valence-electron chi connectivity index (χ1n) is 14.3. The Hall–Kier alpha value is -4.38. The van der Waals surface area contributed by atoms with Crippen molar-refractivity contribution in [1.82, 2.24) is 35.0 Å². The van der Waals surface area contributed by atoms with Crippen molar-refractivity contribution in [2.24, 2.45) is 5.92 Å². The van der Waals surface area contributed by atoms with Crippen LogP contribution in [0.4, 0.5) is 15.8 Å². The fourth-order valence-electron chi connectivity index (χ4n) is 6.02. The van der Waals surface area contributed by atoms with Crippen LogP contribution in [0.1, 0.15) is 32.1 Å². The highest BCUT2D eigenvalue weighted by molar-refractivity contribution is 5.97. The number of benzene rings is 1. The lowest BCUT2D eigenvalue weighted by atomic mass is 9.88. The number of aromatic amines is 2. The van der Waals surface area contributed by atoms with Crippen molar-refractivity contribution in [1.29, 1.82) is 0 Å². The van der Waals surface area contributed by atoms with Gasteiger partial charge in [-0.3, -0.25) is 14.9 Å². The molecular weight excluding hydrogens is 521 g/mol. The summed E-state index contributed by atoms with van der Waals surface area (Å²) in [6.45, 7) is 3.80. The number of likely N-dealkylation sites (N-methyl/N-ethyl adjacent to an activating group) is 1. The van der Waals surface area contributed by atoms with Gasteiger partial charge in [-0.05, 0) is 49.7 Å². The summed E-state index contributed by atoms with van der Waals surface area (Å²) < 4.78 is 15.3. The Kier molecular flexibility index (Phi) is 6.58. The molecule has 1 aliphatic heterocycles. The number of fused-ring (bicyclic) bond motifs is 2. The number of hydrogen-bond donors (Lipinski definition) is 3. The van der Waals surface area contributed by atoms with E-state index in [1.54, 1.807) is 18.6 Å². The zero-order valence-electron chi connectivity index (χ0n) is 23.0. The van der Waals surface area contributed by atoms with Gasteiger partial charge in [-0.15, -0.1) is 0 Å². The summed E-state index contributed by atoms with van der Waals surface area (Å²) in [5.41, 5.74) is 5.23. The molecule has 1 aliphatic carbocycles. The van der Waals surface area contributed by atoms with E-state index in [0.29, 0.717) is 39.4 Å². The zero-order valence-corrected chi connectivity index (χ0v) is 23.0. The molecule has 3 N–H and O–H groups in total. The minimum atomic E-state index is -0.455. The molecule has 10 nitrogen and oxygen atoms in total. The predicted molar refractivity (Wildman–Crippen MR) is 157 cm³/mol. The third kappa shape index (κ3) is 4.90. The van der Waals surface area contributed by atoms with Crippen molar-refractivity contribution in [2.45, 2.75) is 32.1 Å². The summed E-state index contributed by atoms with van der Waals surface area (Å²) in [4.78, 5) is 34.4. The van der Waals surface area contributed by atoms with Crippen molar-refractivity contribution in [3.8, 4) is 22.6 Å². The largest absolute Gasteiger partial charge is 0.367 e. The number of piperazine rings is 1. The average Bonchev–Trinajstić information content (AvgIpc) is 3.63. The summed E-state index contributed by atoms with van der Waals surface area (Å²) in [5.74, 6) is 0.144. The lowest BCUT2D eigenvalue weighted by Gasteiger charge is -2.34. The molecule has 1 saturated heterocycles. The van der Waals surface area contributed by atoms with Gasteiger partial charge in [-0.25, -0.2) is 14.4 Å². The van der Waals surface area contributed by atoms with Crippen molar-refractivity contribution in [2.75, 3.05) is 43.4 Å². The Labute approximate surface area is 236 Å². The molecule has 41 heavy (non-hydrogen) atoms. The molecule has 210 valence electrons. The number of amides is 1. The molecule has 0 radical (unpaired) electrons. The number of nitrogens with zero attached hydrogens (tertiary/aromatic N) is 6. The van der Waals surface area contributed by atoms with Crippen molar-refractivity contribution < 1.29 is 9.18 Å². The van der Waals surface area contributed by atoms with Gasteiger partial charge < -0.3 is 20.1 Å². The van der Waals surface area contributed by atoms with Gasteiger partial charge in [0.15, 0.2) is 17.3 Å². The van der Waals surface area contributed by atoms with E-state index < -0.39 is 5.82 Å². The van der Waals surface area contributed by atoms with Gasteiger partial charge in [0.05, 0.1) is 17.6 Å². The number of carbonyl (C=O) groups excluding carboxylic acids is 1. The molecule has 1 amide bonds. The average molecular weight is 554 g/mol. The molecule has 0 bridgehead atoms. The summed E-state index contributed by atoms with van der Waals surface area (Å²) in [5, 5.41) is 10.9. The minimum Gasteiger partial charge on any atom is -0.367 e. The van der Waals surface area contributed by atoms with Crippen molar-refractivity contribution in [3.63, 3.8) is 0 Å². The monoisotopic (exact) mass is 553 g/mol. The summed E-state index contributed by atoms with van der Waals surface area (Å²) in [6.07, 6.45) is 10.3. The molecule has 0 unspecified atom stereocenters. The number of nitrogens with one attached hydrogen (secondary N) is 3. The SMILES string of the molecule is CN1CCN(c2ccnc3nc(-c4[nH]nc5c(F)cc(-c6cncc(NC(=O)C7CCCCC7)c6)cc45)[nH]c23)CC1. The second-order valence-corrected chi connectivity index (χ2v) is 11.1. The zero-order chi connectivity index (χ0) is 27.9. The third-order valence-electron chi connectivity index (χ3n) is 8.38. The Bertz CT molecular complexity index is 1730. The van der Waals surface area contributed by atoms with E-state index in [9.17, 15) is 4.79 Å². The second-order valence-electron chi connectivity index (χ2n) is 11.1. The number of pyridine rings is 2. The van der Waals surface area contributed by atoms with Crippen LogP contribution >= 0.6 is 0 Å². The number of hydrogen-bond acceptors (Lipinski definition) is 7. The van der Waals surface area contributed by atoms with Crippen LogP contribution < -0.4 is 10.2 Å². The van der Waals surface area contributed by atoms with Gasteiger partial charge in [0.25, 0.3) is 0 Å². The Balaban J connectivity index is 1.22. The lowest BCUT2D eigenvalue weighted by Crippen LogP contribution is -2.44. The highest BCUT2D eigenvalue weighted by atomic mass is 19.1. The Morgan fingerprint density at radius 2 is 1.88 bits per heavy atom. The van der Waals surface area contributed by atoms with Gasteiger partial charge in [-0.2, -0.15) is 5.10 Å². The molecule has 2 aliphatic rings. The van der Waals surface area contributed by atoms with E-state index in [0.717, 1.165) is 63.1 Å². The first kappa shape index (κ1) is 25.6. The predicted octanol–water partition coefficient (Wildman–Crippen LogP) is 4.97. The molecule has 1 aromatic carbocycles. The molecule has 7 rings (SSSR count). The maximum Gasteiger partial charge on any atom is 0.227 e. The van der Waals surface area contributed by atoms with E-state index in [2.05, 4.69) is 47.3 Å². The van der Waals surface area contributed by atoms with Crippen LogP contribution in [0.3, 0.4) is 0 Å². The minimum absolute atomic E-state index is 0.0249. The molecule has 0 atom stereocenters. The van der Waals surface area contributed by atoms with Crippen LogP contribution in [-0.2, 0) is 4.79 Å². The summed E-state index contributed by atoms with van der Waals surface area (Å²) in [7, 11) is 2.13. The van der Waals surface area contributed by atoms with Crippen LogP contribution in [0.5, 0.6) is 0 Å². The van der Waals surface area contributed by atoms with E-state index in [1.165, 1.54) is 12.5 Å². The topological polar surface area (TPSA) is 119 Å². The molecule has 1 saturated carbocycles. The van der Waals surface area contributed by atoms with Gasteiger partial charge in [-0.1, -0.05) is 19.3 Å². The maximum atomic E-state index is 15.3. The number of anilines is 2. The number of H-pyrrole nitrogens is 2. The highest BCUT2D eigenvalue weighted by Gasteiger charge is 2.23. The molecule has 2 fully saturated rings. The fourth-order valence-corrected chi connectivity index (χ4v) is 6.02. The summed E-state index contributed by atoms with van der Waals surface area (Å²) in [6, 6.07) is 7.17. The number of aromatic nitrogens is 6. The smallest absolute Gasteiger partial charge is 0.227 e. The van der Waals surface area contributed by atoms with Gasteiger partial charge in [0.1, 0.15) is 16.7 Å². The van der Waals surface area contributed by atoms with E-state index in [1.807, 2.05) is 18.2 Å². The molecular formula is C30H32FN9O. The first-order chi connectivity index (χ1) is 20.0. The van der Waals surface area contributed by atoms with Gasteiger partial charge in [0.2, 0.25) is 5.91 Å². The normalized spacial score (nSPS) is 17.0. The molecule has 5 aromatic rings. The van der Waals surface area contributed by atoms with Crippen molar-refractivity contribution in [3.05, 3.63) is 48.7 Å². The number of rotatable bonds is 5. The molecule has 5 heterocycles. The van der Waals surface area contributed by atoms with Crippen molar-refractivity contribution >= 4 is 39.3 Å². The Morgan fingerprint density at radius 1 is 1.05 bits per heavy atom. The van der Waals surface area contributed by atoms with Crippen LogP contribution in [0.2, 0.25) is 0 Å². The van der Waals surface area contributed by atoms with E-state index >= 15 is 4.39 Å². The molecule has 4 aromatic heterocycles. The fraction of sp³-hybridized carbons (Fsp3) is 0.367. The molecule has 11 heteroatoms. The molecule has 0 spiro atoms. The standard InChI is InChI=1S/C30H32FN9O/c1-39-9-11-40(12-10-39)24-7-8-33-28-27(24)35-29(36-28)26-22-14-19(15-23(31)25(22)37-38-26)20-13-21(17-32-16-20)34-30(41)18-5-3-2-4-6-18/h7-8,13-18H,2-6,9-12H2,1H3,(H,34,41)(H,37,38)(H,33,35,36). The summed E-state index contributed by atoms with van der Waals surface area (Å²) >= 11 is 0. The number of halogens is 1. The van der Waals surface area contributed by atoms with Crippen LogP contribution in [0.15, 0.2) is 42.9 Å². The highest BCUT2D eigenvalue weighted by Crippen LogP contribution is 2.34. The number of imidazole rings is 1. The van der Waals surface area contributed by atoms with Crippen LogP contribution in [0, 0.1) is 11.7 Å². The van der Waals surface area contributed by atoms with Crippen LogP contribution in [-0.4, -0.2) is 74.2 Å². The van der Waals surface area contributed by atoms with E-state index in [-0.39, 0.29) is 17.3 Å². The second kappa shape index (κ2) is 10.5. The first-order valence-corrected chi connectivity index (χ1v) is 14.3. The van der Waals surface area contributed by atoms with Gasteiger partial charge in [0, 0.05) is 55.4 Å². The Morgan fingerprint density at radius 3 is 2.71 bits per heavy atom. The number of carbonyl (C=O) groups is 1. The maximum absolute atomic E-state index is 15.3. The lowest BCUT2D eigenvalue weighted by molar-refractivity contribution is -0.120. The van der Waals surface area contributed by atoms with E-state index in [4.69, 9.17) is 4.98 Å².